The summed E-state index contributed by atoms with van der Waals surface area (Å²) in [6.45, 7) is 6.42. The minimum Gasteiger partial charge on any atom is -0.297 e. The first-order chi connectivity index (χ1) is 7.56. The van der Waals surface area contributed by atoms with E-state index in [1.165, 1.54) is 38.5 Å². The lowest BCUT2D eigenvalue weighted by Crippen LogP contribution is -2.47. The second-order valence-electron chi connectivity index (χ2n) is 5.87. The lowest BCUT2D eigenvalue weighted by molar-refractivity contribution is 0.306. The summed E-state index contributed by atoms with van der Waals surface area (Å²) in [5.74, 6) is 0.572. The van der Waals surface area contributed by atoms with Crippen LogP contribution in [-0.4, -0.2) is 11.6 Å². The zero-order chi connectivity index (χ0) is 12.0. The van der Waals surface area contributed by atoms with Gasteiger partial charge in [-0.25, -0.2) is 0 Å². The highest BCUT2D eigenvalue weighted by atomic mass is 15.0. The topological polar surface area (TPSA) is 35.8 Å². The molecule has 0 aromatic rings. The third-order valence-electron chi connectivity index (χ3n) is 3.44. The Morgan fingerprint density at radius 3 is 2.25 bits per heavy atom. The summed E-state index contributed by atoms with van der Waals surface area (Å²) >= 11 is 0. The number of nitriles is 1. The molecule has 1 saturated carbocycles. The largest absolute Gasteiger partial charge is 0.297 e. The molecule has 1 N–H and O–H groups in total. The summed E-state index contributed by atoms with van der Waals surface area (Å²) in [5.41, 5.74) is -0.330. The van der Waals surface area contributed by atoms with E-state index in [0.29, 0.717) is 12.0 Å². The third-order valence-corrected chi connectivity index (χ3v) is 3.44. The minimum absolute atomic E-state index is 0.330. The summed E-state index contributed by atoms with van der Waals surface area (Å²) in [6, 6.07) is 3.03. The number of hydrogen-bond acceptors (Lipinski definition) is 2. The van der Waals surface area contributed by atoms with Crippen molar-refractivity contribution in [1.82, 2.24) is 5.32 Å². The van der Waals surface area contributed by atoms with Crippen LogP contribution >= 0.6 is 0 Å². The fourth-order valence-electron chi connectivity index (χ4n) is 2.83. The van der Waals surface area contributed by atoms with E-state index in [2.05, 4.69) is 32.2 Å². The molecular weight excluding hydrogens is 196 g/mol. The molecule has 92 valence electrons. The number of nitrogens with one attached hydrogen (secondary N) is 1. The van der Waals surface area contributed by atoms with Gasteiger partial charge in [0.2, 0.25) is 0 Å². The van der Waals surface area contributed by atoms with E-state index in [1.54, 1.807) is 0 Å². The van der Waals surface area contributed by atoms with Crippen molar-refractivity contribution < 1.29 is 0 Å². The van der Waals surface area contributed by atoms with Gasteiger partial charge in [-0.1, -0.05) is 39.5 Å². The molecule has 2 heteroatoms. The molecule has 0 radical (unpaired) electrons. The average Bonchev–Trinajstić information content (AvgIpc) is 2.45. The molecule has 1 fully saturated rings. The second-order valence-corrected chi connectivity index (χ2v) is 5.87. The fourth-order valence-corrected chi connectivity index (χ4v) is 2.83. The number of nitrogens with zero attached hydrogens (tertiary/aromatic N) is 1. The van der Waals surface area contributed by atoms with Crippen molar-refractivity contribution in [3.8, 4) is 6.07 Å². The summed E-state index contributed by atoms with van der Waals surface area (Å²) in [6.07, 6.45) is 8.81. The predicted octanol–water partition coefficient (Wildman–Crippen LogP) is 3.63. The van der Waals surface area contributed by atoms with Crippen LogP contribution in [0.4, 0.5) is 0 Å². The molecule has 0 aliphatic heterocycles. The molecule has 0 amide bonds. The molecule has 0 saturated heterocycles. The van der Waals surface area contributed by atoms with Crippen molar-refractivity contribution in [2.75, 3.05) is 0 Å². The SMILES string of the molecule is CC(C)CC(C)(C#N)NC1CCCCCC1. The highest BCUT2D eigenvalue weighted by Gasteiger charge is 2.28. The van der Waals surface area contributed by atoms with E-state index >= 15 is 0 Å². The molecule has 0 spiro atoms. The highest BCUT2D eigenvalue weighted by Crippen LogP contribution is 2.22. The predicted molar refractivity (Wildman–Crippen MR) is 68.1 cm³/mol. The van der Waals surface area contributed by atoms with Gasteiger partial charge in [0, 0.05) is 6.04 Å². The van der Waals surface area contributed by atoms with Crippen LogP contribution in [0, 0.1) is 17.2 Å². The standard InChI is InChI=1S/C14H26N2/c1-12(2)10-14(3,11-15)16-13-8-6-4-5-7-9-13/h12-13,16H,4-10H2,1-3H3. The molecular formula is C14H26N2. The van der Waals surface area contributed by atoms with Crippen LogP contribution < -0.4 is 5.32 Å². The Morgan fingerprint density at radius 2 is 1.81 bits per heavy atom. The van der Waals surface area contributed by atoms with E-state index in [4.69, 9.17) is 0 Å². The van der Waals surface area contributed by atoms with Crippen LogP contribution in [0.1, 0.15) is 65.7 Å². The first-order valence-electron chi connectivity index (χ1n) is 6.75. The first-order valence-corrected chi connectivity index (χ1v) is 6.75. The molecule has 16 heavy (non-hydrogen) atoms. The summed E-state index contributed by atoms with van der Waals surface area (Å²) < 4.78 is 0. The van der Waals surface area contributed by atoms with Gasteiger partial charge >= 0.3 is 0 Å². The summed E-state index contributed by atoms with van der Waals surface area (Å²) in [7, 11) is 0. The van der Waals surface area contributed by atoms with Gasteiger partial charge in [-0.05, 0) is 32.1 Å². The molecule has 1 aliphatic carbocycles. The van der Waals surface area contributed by atoms with Gasteiger partial charge in [-0.3, -0.25) is 5.32 Å². The van der Waals surface area contributed by atoms with Gasteiger partial charge in [0.25, 0.3) is 0 Å². The maximum Gasteiger partial charge on any atom is 0.104 e. The fraction of sp³-hybridized carbons (Fsp3) is 0.929. The first kappa shape index (κ1) is 13.5. The van der Waals surface area contributed by atoms with Crippen LogP contribution in [0.15, 0.2) is 0 Å². The van der Waals surface area contributed by atoms with E-state index in [1.807, 2.05) is 0 Å². The monoisotopic (exact) mass is 222 g/mol. The summed E-state index contributed by atoms with van der Waals surface area (Å²) in [5, 5.41) is 12.9. The van der Waals surface area contributed by atoms with Crippen LogP contribution in [0.5, 0.6) is 0 Å². The Morgan fingerprint density at radius 1 is 1.25 bits per heavy atom. The second kappa shape index (κ2) is 6.25. The Balaban J connectivity index is 2.50. The Bertz CT molecular complexity index is 234. The average molecular weight is 222 g/mol. The van der Waals surface area contributed by atoms with Gasteiger partial charge < -0.3 is 0 Å². The maximum absolute atomic E-state index is 9.32. The zero-order valence-electron chi connectivity index (χ0n) is 11.1. The van der Waals surface area contributed by atoms with Crippen LogP contribution in [0.2, 0.25) is 0 Å². The molecule has 1 aliphatic rings. The Hall–Kier alpha value is -0.550. The van der Waals surface area contributed by atoms with Crippen LogP contribution in [0.25, 0.3) is 0 Å². The van der Waals surface area contributed by atoms with Crippen LogP contribution in [0.3, 0.4) is 0 Å². The van der Waals surface area contributed by atoms with E-state index < -0.39 is 0 Å². The van der Waals surface area contributed by atoms with E-state index in [-0.39, 0.29) is 5.54 Å². The number of rotatable bonds is 4. The van der Waals surface area contributed by atoms with Crippen molar-refractivity contribution in [2.45, 2.75) is 77.3 Å². The lowest BCUT2D eigenvalue weighted by atomic mass is 9.90. The maximum atomic E-state index is 9.32. The van der Waals surface area contributed by atoms with E-state index in [0.717, 1.165) is 6.42 Å². The van der Waals surface area contributed by atoms with Gasteiger partial charge in [0.15, 0.2) is 0 Å². The van der Waals surface area contributed by atoms with Gasteiger partial charge in [-0.2, -0.15) is 5.26 Å². The molecule has 0 aromatic carbocycles. The van der Waals surface area contributed by atoms with Crippen molar-refractivity contribution in [3.63, 3.8) is 0 Å². The van der Waals surface area contributed by atoms with Crippen molar-refractivity contribution in [3.05, 3.63) is 0 Å². The molecule has 1 atom stereocenters. The van der Waals surface area contributed by atoms with Crippen LogP contribution in [-0.2, 0) is 0 Å². The molecule has 0 heterocycles. The normalized spacial score (nSPS) is 22.4. The van der Waals surface area contributed by atoms with Crippen molar-refractivity contribution >= 4 is 0 Å². The lowest BCUT2D eigenvalue weighted by Gasteiger charge is -2.30. The van der Waals surface area contributed by atoms with Gasteiger partial charge in [0.1, 0.15) is 5.54 Å². The van der Waals surface area contributed by atoms with E-state index in [9.17, 15) is 5.26 Å². The quantitative estimate of drug-likeness (QED) is 0.737. The Labute approximate surface area is 100 Å². The zero-order valence-corrected chi connectivity index (χ0v) is 11.1. The summed E-state index contributed by atoms with van der Waals surface area (Å²) in [4.78, 5) is 0. The molecule has 1 unspecified atom stereocenters. The third kappa shape index (κ3) is 4.53. The minimum atomic E-state index is -0.330. The molecule has 1 rings (SSSR count). The smallest absolute Gasteiger partial charge is 0.104 e. The van der Waals surface area contributed by atoms with Crippen molar-refractivity contribution in [2.24, 2.45) is 5.92 Å². The van der Waals surface area contributed by atoms with Gasteiger partial charge in [-0.15, -0.1) is 0 Å². The van der Waals surface area contributed by atoms with Crippen molar-refractivity contribution in [1.29, 1.82) is 5.26 Å². The highest BCUT2D eigenvalue weighted by molar-refractivity contribution is 5.05. The Kier molecular flexibility index (Phi) is 5.28. The molecule has 2 nitrogen and oxygen atoms in total. The number of hydrogen-bond donors (Lipinski definition) is 1. The van der Waals surface area contributed by atoms with Gasteiger partial charge in [0.05, 0.1) is 6.07 Å². The molecule has 0 bridgehead atoms. The molecule has 0 aromatic heterocycles.